The zero-order valence-electron chi connectivity index (χ0n) is 12.6. The van der Waals surface area contributed by atoms with Gasteiger partial charge in [0.1, 0.15) is 11.5 Å². The lowest BCUT2D eigenvalue weighted by atomic mass is 10.1. The number of pyridine rings is 1. The van der Waals surface area contributed by atoms with Gasteiger partial charge in [-0.05, 0) is 18.2 Å². The molecule has 5 nitrogen and oxygen atoms in total. The maximum absolute atomic E-state index is 9.96. The number of nitrogens with zero attached hydrogens (tertiary/aromatic N) is 3. The smallest absolute Gasteiger partial charge is 0.155 e. The van der Waals surface area contributed by atoms with E-state index in [1.54, 1.807) is 22.7 Å². The lowest BCUT2D eigenvalue weighted by molar-refractivity contribution is 0.452. The third-order valence-corrected chi connectivity index (χ3v) is 5.00. The maximum atomic E-state index is 9.96. The molecule has 0 aliphatic heterocycles. The Labute approximate surface area is 156 Å². The van der Waals surface area contributed by atoms with Crippen LogP contribution < -0.4 is 0 Å². The van der Waals surface area contributed by atoms with Crippen LogP contribution in [0.5, 0.6) is 11.5 Å². The quantitative estimate of drug-likeness (QED) is 0.527. The topological polar surface area (TPSA) is 70.7 Å². The van der Waals surface area contributed by atoms with E-state index in [2.05, 4.69) is 9.97 Å². The van der Waals surface area contributed by atoms with E-state index < -0.39 is 0 Å². The fraction of sp³-hybridized carbons (Fsp3) is 0.0588. The minimum absolute atomic E-state index is 0.00833. The molecule has 4 aromatic rings. The van der Waals surface area contributed by atoms with Crippen LogP contribution in [-0.2, 0) is 6.42 Å². The summed E-state index contributed by atoms with van der Waals surface area (Å²) in [6.45, 7) is 0. The Kier molecular flexibility index (Phi) is 4.03. The van der Waals surface area contributed by atoms with Crippen LogP contribution in [0, 0.1) is 0 Å². The first-order chi connectivity index (χ1) is 12.0. The Morgan fingerprint density at radius 3 is 2.72 bits per heavy atom. The van der Waals surface area contributed by atoms with Crippen molar-refractivity contribution in [2.45, 2.75) is 6.42 Å². The summed E-state index contributed by atoms with van der Waals surface area (Å²) in [7, 11) is 0. The number of imidazole rings is 1. The average molecular weight is 392 g/mol. The Hall–Kier alpha value is -2.28. The molecule has 8 heteroatoms. The number of fused-ring (bicyclic) bond motifs is 1. The molecule has 2 N–H and O–H groups in total. The second kappa shape index (κ2) is 6.22. The summed E-state index contributed by atoms with van der Waals surface area (Å²) in [5.74, 6) is 0.00273. The summed E-state index contributed by atoms with van der Waals surface area (Å²) in [4.78, 5) is 9.06. The van der Waals surface area contributed by atoms with Gasteiger partial charge in [-0.1, -0.05) is 23.2 Å². The van der Waals surface area contributed by atoms with E-state index in [4.69, 9.17) is 23.2 Å². The molecule has 0 saturated heterocycles. The van der Waals surface area contributed by atoms with Crippen molar-refractivity contribution in [2.75, 3.05) is 0 Å². The zero-order valence-corrected chi connectivity index (χ0v) is 15.0. The first kappa shape index (κ1) is 16.2. The molecule has 126 valence electrons. The Balaban J connectivity index is 1.64. The molecule has 4 rings (SSSR count). The predicted molar refractivity (Wildman–Crippen MR) is 98.9 cm³/mol. The Morgan fingerprint density at radius 2 is 1.92 bits per heavy atom. The molecular weight excluding hydrogens is 381 g/mol. The van der Waals surface area contributed by atoms with Gasteiger partial charge < -0.3 is 14.6 Å². The van der Waals surface area contributed by atoms with Crippen LogP contribution in [0.15, 0.2) is 42.0 Å². The third-order valence-electron chi connectivity index (χ3n) is 3.66. The number of rotatable bonds is 3. The number of hydrogen-bond acceptors (Lipinski definition) is 5. The zero-order chi connectivity index (χ0) is 17.6. The van der Waals surface area contributed by atoms with Crippen LogP contribution >= 0.6 is 34.5 Å². The highest BCUT2D eigenvalue weighted by molar-refractivity contribution is 7.10. The molecule has 0 atom stereocenters. The van der Waals surface area contributed by atoms with Gasteiger partial charge >= 0.3 is 0 Å². The van der Waals surface area contributed by atoms with Gasteiger partial charge in [0.25, 0.3) is 0 Å². The summed E-state index contributed by atoms with van der Waals surface area (Å²) in [5.41, 5.74) is 2.70. The number of hydrogen-bond donors (Lipinski definition) is 2. The van der Waals surface area contributed by atoms with Gasteiger partial charge in [0, 0.05) is 35.8 Å². The highest BCUT2D eigenvalue weighted by atomic mass is 35.5. The van der Waals surface area contributed by atoms with Gasteiger partial charge in [0.2, 0.25) is 0 Å². The van der Waals surface area contributed by atoms with Gasteiger partial charge in [0.15, 0.2) is 5.65 Å². The molecule has 0 bridgehead atoms. The number of thiazole rings is 1. The van der Waals surface area contributed by atoms with Gasteiger partial charge in [0.05, 0.1) is 26.4 Å². The minimum Gasteiger partial charge on any atom is -0.508 e. The molecule has 0 aliphatic carbocycles. The number of halogens is 2. The van der Waals surface area contributed by atoms with Gasteiger partial charge in [-0.25, -0.2) is 9.97 Å². The van der Waals surface area contributed by atoms with Gasteiger partial charge in [-0.15, -0.1) is 11.3 Å². The van der Waals surface area contributed by atoms with Crippen LogP contribution in [0.25, 0.3) is 16.9 Å². The van der Waals surface area contributed by atoms with Crippen LogP contribution in [-0.4, -0.2) is 24.6 Å². The third kappa shape index (κ3) is 3.16. The summed E-state index contributed by atoms with van der Waals surface area (Å²) in [5, 5.41) is 23.1. The molecule has 0 amide bonds. The molecule has 3 aromatic heterocycles. The summed E-state index contributed by atoms with van der Waals surface area (Å²) in [6, 6.07) is 6.10. The van der Waals surface area contributed by atoms with Crippen molar-refractivity contribution in [3.63, 3.8) is 0 Å². The van der Waals surface area contributed by atoms with E-state index >= 15 is 0 Å². The minimum atomic E-state index is -0.00833. The van der Waals surface area contributed by atoms with E-state index in [-0.39, 0.29) is 11.5 Å². The number of aromatic nitrogens is 3. The number of phenols is 2. The molecule has 0 unspecified atom stereocenters. The lowest BCUT2D eigenvalue weighted by Gasteiger charge is -2.01. The molecule has 0 radical (unpaired) electrons. The fourth-order valence-corrected chi connectivity index (χ4v) is 3.90. The monoisotopic (exact) mass is 391 g/mol. The fourth-order valence-electron chi connectivity index (χ4n) is 2.57. The standard InChI is InChI=1S/C17H11Cl2N3O2S/c18-9-3-13(19)17-20-10(7-22(17)6-9)4-16-21-14(8-25-16)12-2-1-11(23)5-15(12)24/h1-3,5-8,23-24H,4H2. The van der Waals surface area contributed by atoms with Gasteiger partial charge in [-0.3, -0.25) is 0 Å². The van der Waals surface area contributed by atoms with Crippen molar-refractivity contribution in [3.05, 3.63) is 62.8 Å². The molecule has 25 heavy (non-hydrogen) atoms. The molecule has 3 heterocycles. The second-order valence-electron chi connectivity index (χ2n) is 5.47. The molecule has 0 aliphatic rings. The highest BCUT2D eigenvalue weighted by Crippen LogP contribution is 2.33. The summed E-state index contributed by atoms with van der Waals surface area (Å²) < 4.78 is 1.79. The number of benzene rings is 1. The van der Waals surface area contributed by atoms with Crippen molar-refractivity contribution >= 4 is 40.2 Å². The van der Waals surface area contributed by atoms with Crippen molar-refractivity contribution in [1.29, 1.82) is 0 Å². The second-order valence-corrected chi connectivity index (χ2v) is 7.26. The molecule has 1 aromatic carbocycles. The van der Waals surface area contributed by atoms with E-state index in [1.165, 1.54) is 23.5 Å². The Bertz CT molecular complexity index is 1090. The Morgan fingerprint density at radius 1 is 1.08 bits per heavy atom. The SMILES string of the molecule is Oc1ccc(-c2csc(Cc3cn4cc(Cl)cc(Cl)c4n3)n2)c(O)c1. The number of phenolic OH excluding ortho intramolecular Hbond substituents is 2. The van der Waals surface area contributed by atoms with Crippen LogP contribution in [0.1, 0.15) is 10.7 Å². The van der Waals surface area contributed by atoms with Crippen molar-refractivity contribution in [3.8, 4) is 22.8 Å². The normalized spacial score (nSPS) is 11.3. The highest BCUT2D eigenvalue weighted by Gasteiger charge is 2.12. The first-order valence-corrected chi connectivity index (χ1v) is 8.92. The average Bonchev–Trinajstić information content (AvgIpc) is 3.14. The van der Waals surface area contributed by atoms with E-state index in [0.29, 0.717) is 33.4 Å². The van der Waals surface area contributed by atoms with Gasteiger partial charge in [-0.2, -0.15) is 0 Å². The lowest BCUT2D eigenvalue weighted by Crippen LogP contribution is -1.88. The van der Waals surface area contributed by atoms with Crippen LogP contribution in [0.4, 0.5) is 0 Å². The molecule has 0 saturated carbocycles. The summed E-state index contributed by atoms with van der Waals surface area (Å²) in [6.07, 6.45) is 4.16. The maximum Gasteiger partial charge on any atom is 0.155 e. The van der Waals surface area contributed by atoms with E-state index in [9.17, 15) is 10.2 Å². The molecular formula is C17H11Cl2N3O2S. The van der Waals surface area contributed by atoms with Crippen molar-refractivity contribution in [2.24, 2.45) is 0 Å². The number of aromatic hydroxyl groups is 2. The molecule has 0 fully saturated rings. The van der Waals surface area contributed by atoms with Crippen LogP contribution in [0.3, 0.4) is 0 Å². The van der Waals surface area contributed by atoms with E-state index in [0.717, 1.165) is 10.7 Å². The van der Waals surface area contributed by atoms with Crippen molar-refractivity contribution < 1.29 is 10.2 Å². The van der Waals surface area contributed by atoms with Crippen molar-refractivity contribution in [1.82, 2.24) is 14.4 Å². The van der Waals surface area contributed by atoms with Crippen LogP contribution in [0.2, 0.25) is 10.0 Å². The largest absolute Gasteiger partial charge is 0.508 e. The summed E-state index contributed by atoms with van der Waals surface area (Å²) >= 11 is 13.6. The molecule has 0 spiro atoms. The van der Waals surface area contributed by atoms with E-state index in [1.807, 2.05) is 11.6 Å². The predicted octanol–water partition coefficient (Wildman–Crippen LogP) is 4.77. The first-order valence-electron chi connectivity index (χ1n) is 7.29.